The Labute approximate surface area is 141 Å². The van der Waals surface area contributed by atoms with Gasteiger partial charge in [0.05, 0.1) is 17.9 Å². The molecule has 5 heteroatoms. The van der Waals surface area contributed by atoms with Crippen LogP contribution in [0.2, 0.25) is 0 Å². The number of hydrogen-bond donors (Lipinski definition) is 1. The van der Waals surface area contributed by atoms with E-state index in [1.165, 1.54) is 18.6 Å². The predicted octanol–water partition coefficient (Wildman–Crippen LogP) is 4.07. The van der Waals surface area contributed by atoms with Crippen LogP contribution in [0, 0.1) is 11.7 Å². The molecule has 0 spiro atoms. The van der Waals surface area contributed by atoms with Crippen molar-refractivity contribution in [2.45, 2.75) is 44.6 Å². The summed E-state index contributed by atoms with van der Waals surface area (Å²) < 4.78 is 13.4. The van der Waals surface area contributed by atoms with E-state index in [1.54, 1.807) is 12.3 Å². The number of likely N-dealkylation sites (tertiary alicyclic amines) is 1. The summed E-state index contributed by atoms with van der Waals surface area (Å²) in [5.74, 6) is 1.06. The highest BCUT2D eigenvalue weighted by Gasteiger charge is 2.36. The van der Waals surface area contributed by atoms with Crippen LogP contribution in [0.15, 0.2) is 30.5 Å². The second-order valence-electron chi connectivity index (χ2n) is 6.86. The molecule has 1 atom stereocenters. The Morgan fingerprint density at radius 3 is 2.83 bits per heavy atom. The topological polar surface area (TPSA) is 49.0 Å². The summed E-state index contributed by atoms with van der Waals surface area (Å²) in [5, 5.41) is 0. The van der Waals surface area contributed by atoms with Crippen molar-refractivity contribution in [2.24, 2.45) is 5.92 Å². The first kappa shape index (κ1) is 15.4. The van der Waals surface area contributed by atoms with Crippen LogP contribution in [0.3, 0.4) is 0 Å². The van der Waals surface area contributed by atoms with Gasteiger partial charge in [-0.15, -0.1) is 0 Å². The Balaban J connectivity index is 1.58. The number of aromatic amines is 1. The second-order valence-corrected chi connectivity index (χ2v) is 6.86. The normalized spacial score (nSPS) is 21.5. The Morgan fingerprint density at radius 2 is 2.08 bits per heavy atom. The summed E-state index contributed by atoms with van der Waals surface area (Å²) in [6.45, 7) is 0.815. The minimum absolute atomic E-state index is 0.0224. The maximum Gasteiger partial charge on any atom is 0.226 e. The van der Waals surface area contributed by atoms with E-state index in [-0.39, 0.29) is 23.7 Å². The molecule has 0 unspecified atom stereocenters. The lowest BCUT2D eigenvalue weighted by Crippen LogP contribution is -2.44. The average Bonchev–Trinajstić information content (AvgIpc) is 3.03. The molecule has 126 valence electrons. The van der Waals surface area contributed by atoms with Crippen LogP contribution in [0.5, 0.6) is 0 Å². The van der Waals surface area contributed by atoms with Crippen LogP contribution in [-0.4, -0.2) is 27.3 Å². The molecule has 4 nitrogen and oxygen atoms in total. The smallest absolute Gasteiger partial charge is 0.226 e. The minimum Gasteiger partial charge on any atom is -0.340 e. The molecule has 2 aliphatic rings. The lowest BCUT2D eigenvalue weighted by molar-refractivity contribution is -0.142. The highest BCUT2D eigenvalue weighted by Crippen LogP contribution is 2.36. The molecule has 1 amide bonds. The van der Waals surface area contributed by atoms with Crippen molar-refractivity contribution in [3.8, 4) is 11.3 Å². The third-order valence-electron chi connectivity index (χ3n) is 5.29. The summed E-state index contributed by atoms with van der Waals surface area (Å²) in [6.07, 6.45) is 8.06. The SMILES string of the molecule is O=C(C1CCC1)N1CCCC[C@H]1c1ncc(-c2cccc(F)c2)[nH]1. The Morgan fingerprint density at radius 1 is 1.21 bits per heavy atom. The lowest BCUT2D eigenvalue weighted by Gasteiger charge is -2.39. The van der Waals surface area contributed by atoms with Crippen molar-refractivity contribution in [1.82, 2.24) is 14.9 Å². The van der Waals surface area contributed by atoms with Crippen LogP contribution in [0.4, 0.5) is 4.39 Å². The van der Waals surface area contributed by atoms with Gasteiger partial charge in [-0.1, -0.05) is 18.6 Å². The third kappa shape index (κ3) is 2.83. The Bertz CT molecular complexity index is 738. The fraction of sp³-hybridized carbons (Fsp3) is 0.474. The maximum absolute atomic E-state index is 13.4. The first-order chi connectivity index (χ1) is 11.7. The van der Waals surface area contributed by atoms with Gasteiger partial charge in [0.15, 0.2) is 0 Å². The number of nitrogens with one attached hydrogen (secondary N) is 1. The van der Waals surface area contributed by atoms with Gasteiger partial charge in [0.25, 0.3) is 0 Å². The van der Waals surface area contributed by atoms with Gasteiger partial charge in [-0.2, -0.15) is 0 Å². The highest BCUT2D eigenvalue weighted by atomic mass is 19.1. The molecule has 2 aromatic rings. The number of rotatable bonds is 3. The molecule has 24 heavy (non-hydrogen) atoms. The van der Waals surface area contributed by atoms with Gasteiger partial charge in [-0.3, -0.25) is 4.79 Å². The number of halogens is 1. The number of aromatic nitrogens is 2. The fourth-order valence-corrected chi connectivity index (χ4v) is 3.68. The molecule has 1 N–H and O–H groups in total. The molecule has 2 heterocycles. The molecule has 0 bridgehead atoms. The molecule has 0 radical (unpaired) electrons. The third-order valence-corrected chi connectivity index (χ3v) is 5.29. The Kier molecular flexibility index (Phi) is 4.08. The van der Waals surface area contributed by atoms with Crippen LogP contribution < -0.4 is 0 Å². The fourth-order valence-electron chi connectivity index (χ4n) is 3.68. The van der Waals surface area contributed by atoms with E-state index in [2.05, 4.69) is 9.97 Å². The summed E-state index contributed by atoms with van der Waals surface area (Å²) in [5.41, 5.74) is 1.58. The van der Waals surface area contributed by atoms with Crippen molar-refractivity contribution in [2.75, 3.05) is 6.54 Å². The monoisotopic (exact) mass is 327 g/mol. The van der Waals surface area contributed by atoms with Crippen molar-refractivity contribution >= 4 is 5.91 Å². The summed E-state index contributed by atoms with van der Waals surface area (Å²) in [6, 6.07) is 6.50. The average molecular weight is 327 g/mol. The first-order valence-corrected chi connectivity index (χ1v) is 8.84. The standard InChI is InChI=1S/C19H22FN3O/c20-15-8-4-7-14(11-15)16-12-21-18(22-16)17-9-1-2-10-23(17)19(24)13-5-3-6-13/h4,7-8,11-13,17H,1-3,5-6,9-10H2,(H,21,22)/t17-/m0/s1. The molecular weight excluding hydrogens is 305 g/mol. The number of carbonyl (C=O) groups is 1. The van der Waals surface area contributed by atoms with E-state index in [4.69, 9.17) is 0 Å². The van der Waals surface area contributed by atoms with Crippen LogP contribution in [0.1, 0.15) is 50.4 Å². The van der Waals surface area contributed by atoms with Gasteiger partial charge in [-0.05, 0) is 44.2 Å². The van der Waals surface area contributed by atoms with E-state index in [0.29, 0.717) is 0 Å². The number of nitrogens with zero attached hydrogens (tertiary/aromatic N) is 2. The van der Waals surface area contributed by atoms with Gasteiger partial charge in [0, 0.05) is 18.0 Å². The van der Waals surface area contributed by atoms with Gasteiger partial charge in [-0.25, -0.2) is 9.37 Å². The van der Waals surface area contributed by atoms with E-state index in [0.717, 1.165) is 55.7 Å². The van der Waals surface area contributed by atoms with Crippen molar-refractivity contribution in [3.63, 3.8) is 0 Å². The van der Waals surface area contributed by atoms with Crippen molar-refractivity contribution in [1.29, 1.82) is 0 Å². The number of H-pyrrole nitrogens is 1. The van der Waals surface area contributed by atoms with Gasteiger partial charge in [0.1, 0.15) is 11.6 Å². The maximum atomic E-state index is 13.4. The number of piperidine rings is 1. The molecule has 2 fully saturated rings. The zero-order valence-electron chi connectivity index (χ0n) is 13.7. The summed E-state index contributed by atoms with van der Waals surface area (Å²) >= 11 is 0. The number of benzene rings is 1. The molecule has 1 aliphatic carbocycles. The van der Waals surface area contributed by atoms with E-state index >= 15 is 0 Å². The number of imidazole rings is 1. The van der Waals surface area contributed by atoms with Crippen LogP contribution in [0.25, 0.3) is 11.3 Å². The Hall–Kier alpha value is -2.17. The van der Waals surface area contributed by atoms with Gasteiger partial charge < -0.3 is 9.88 Å². The van der Waals surface area contributed by atoms with Crippen LogP contribution >= 0.6 is 0 Å². The molecule has 1 saturated carbocycles. The quantitative estimate of drug-likeness (QED) is 0.924. The molecule has 1 aromatic carbocycles. The van der Waals surface area contributed by atoms with Crippen LogP contribution in [-0.2, 0) is 4.79 Å². The van der Waals surface area contributed by atoms with E-state index in [9.17, 15) is 9.18 Å². The highest BCUT2D eigenvalue weighted by molar-refractivity contribution is 5.80. The second kappa shape index (κ2) is 6.38. The minimum atomic E-state index is -0.261. The van der Waals surface area contributed by atoms with E-state index in [1.807, 2.05) is 11.0 Å². The summed E-state index contributed by atoms with van der Waals surface area (Å²) in [4.78, 5) is 22.6. The zero-order valence-corrected chi connectivity index (χ0v) is 13.7. The first-order valence-electron chi connectivity index (χ1n) is 8.84. The molecule has 1 aromatic heterocycles. The van der Waals surface area contributed by atoms with Crippen molar-refractivity contribution in [3.05, 3.63) is 42.1 Å². The zero-order chi connectivity index (χ0) is 16.5. The van der Waals surface area contributed by atoms with Gasteiger partial charge in [0.2, 0.25) is 5.91 Å². The molecule has 1 saturated heterocycles. The lowest BCUT2D eigenvalue weighted by atomic mass is 9.83. The van der Waals surface area contributed by atoms with Gasteiger partial charge >= 0.3 is 0 Å². The predicted molar refractivity (Wildman–Crippen MR) is 89.6 cm³/mol. The largest absolute Gasteiger partial charge is 0.340 e. The molecule has 4 rings (SSSR count). The van der Waals surface area contributed by atoms with E-state index < -0.39 is 0 Å². The molecule has 1 aliphatic heterocycles. The summed E-state index contributed by atoms with van der Waals surface area (Å²) in [7, 11) is 0. The number of hydrogen-bond acceptors (Lipinski definition) is 2. The molecular formula is C19H22FN3O. The van der Waals surface area contributed by atoms with Crippen molar-refractivity contribution < 1.29 is 9.18 Å². The number of carbonyl (C=O) groups excluding carboxylic acids is 1. The number of amides is 1.